The zero-order chi connectivity index (χ0) is 15.0. The molecular weight excluding hydrogens is 272 g/mol. The predicted octanol–water partition coefficient (Wildman–Crippen LogP) is -3.31. The van der Waals surface area contributed by atoms with Crippen LogP contribution in [0.3, 0.4) is 0 Å². The Labute approximate surface area is 112 Å². The average Bonchev–Trinajstić information content (AvgIpc) is 2.93. The molecule has 0 radical (unpaired) electrons. The molecule has 110 valence electrons. The first-order chi connectivity index (χ1) is 9.38. The second kappa shape index (κ2) is 5.17. The van der Waals surface area contributed by atoms with Gasteiger partial charge in [0.2, 0.25) is 0 Å². The molecular formula is C10H14N4O6. The van der Waals surface area contributed by atoms with Crippen LogP contribution < -0.4 is 11.5 Å². The summed E-state index contributed by atoms with van der Waals surface area (Å²) in [5, 5.41) is 28.5. The SMILES string of the molecule is NC(=O)c1ncn([C@@H]2O[C@@H](CO)[C@@H](O)[C@H]2O)c1C(N)=O. The number of rotatable bonds is 4. The van der Waals surface area contributed by atoms with Crippen molar-refractivity contribution in [2.75, 3.05) is 6.61 Å². The van der Waals surface area contributed by atoms with Gasteiger partial charge in [-0.3, -0.25) is 14.2 Å². The molecule has 0 unspecified atom stereocenters. The van der Waals surface area contributed by atoms with Gasteiger partial charge in [0.25, 0.3) is 11.8 Å². The van der Waals surface area contributed by atoms with Crippen molar-refractivity contribution >= 4 is 11.8 Å². The smallest absolute Gasteiger partial charge is 0.269 e. The number of ether oxygens (including phenoxy) is 1. The number of carbonyl (C=O) groups is 2. The molecule has 0 spiro atoms. The minimum atomic E-state index is -1.43. The van der Waals surface area contributed by atoms with Crippen LogP contribution in [0.25, 0.3) is 0 Å². The lowest BCUT2D eigenvalue weighted by atomic mass is 10.1. The zero-order valence-corrected chi connectivity index (χ0v) is 10.2. The fourth-order valence-corrected chi connectivity index (χ4v) is 2.09. The van der Waals surface area contributed by atoms with Gasteiger partial charge in [0.15, 0.2) is 11.9 Å². The highest BCUT2D eigenvalue weighted by Crippen LogP contribution is 2.30. The minimum Gasteiger partial charge on any atom is -0.394 e. The largest absolute Gasteiger partial charge is 0.394 e. The van der Waals surface area contributed by atoms with E-state index in [1.807, 2.05) is 0 Å². The summed E-state index contributed by atoms with van der Waals surface area (Å²) >= 11 is 0. The summed E-state index contributed by atoms with van der Waals surface area (Å²) in [5.74, 6) is -1.96. The van der Waals surface area contributed by atoms with E-state index in [2.05, 4.69) is 4.98 Å². The molecule has 1 aliphatic heterocycles. The van der Waals surface area contributed by atoms with Gasteiger partial charge in [-0.05, 0) is 0 Å². The number of carbonyl (C=O) groups excluding carboxylic acids is 2. The molecule has 1 aromatic heterocycles. The lowest BCUT2D eigenvalue weighted by Crippen LogP contribution is -2.34. The monoisotopic (exact) mass is 286 g/mol. The molecule has 0 aliphatic carbocycles. The fraction of sp³-hybridized carbons (Fsp3) is 0.500. The lowest BCUT2D eigenvalue weighted by Gasteiger charge is -2.17. The van der Waals surface area contributed by atoms with E-state index in [9.17, 15) is 19.8 Å². The Kier molecular flexibility index (Phi) is 3.72. The number of nitrogens with two attached hydrogens (primary N) is 2. The Morgan fingerprint density at radius 3 is 2.40 bits per heavy atom. The molecule has 2 heterocycles. The summed E-state index contributed by atoms with van der Waals surface area (Å²) in [6, 6.07) is 0. The molecule has 20 heavy (non-hydrogen) atoms. The molecule has 0 bridgehead atoms. The van der Waals surface area contributed by atoms with E-state index < -0.39 is 43.0 Å². The maximum absolute atomic E-state index is 11.4. The van der Waals surface area contributed by atoms with Crippen LogP contribution in [0.2, 0.25) is 0 Å². The number of aromatic nitrogens is 2. The van der Waals surface area contributed by atoms with Gasteiger partial charge < -0.3 is 31.5 Å². The third-order valence-corrected chi connectivity index (χ3v) is 3.05. The lowest BCUT2D eigenvalue weighted by molar-refractivity contribution is -0.0534. The van der Waals surface area contributed by atoms with Crippen molar-refractivity contribution in [2.24, 2.45) is 11.5 Å². The van der Waals surface area contributed by atoms with Crippen LogP contribution in [0, 0.1) is 0 Å². The average molecular weight is 286 g/mol. The van der Waals surface area contributed by atoms with Gasteiger partial charge >= 0.3 is 0 Å². The van der Waals surface area contributed by atoms with E-state index >= 15 is 0 Å². The first kappa shape index (κ1) is 14.4. The first-order valence-electron chi connectivity index (χ1n) is 5.67. The van der Waals surface area contributed by atoms with Gasteiger partial charge in [-0.2, -0.15) is 0 Å². The van der Waals surface area contributed by atoms with Crippen LogP contribution in [0.4, 0.5) is 0 Å². The van der Waals surface area contributed by atoms with Crippen molar-refractivity contribution in [1.29, 1.82) is 0 Å². The molecule has 1 saturated heterocycles. The summed E-state index contributed by atoms with van der Waals surface area (Å²) in [7, 11) is 0. The van der Waals surface area contributed by atoms with Gasteiger partial charge in [0.1, 0.15) is 24.0 Å². The number of primary amides is 2. The van der Waals surface area contributed by atoms with Gasteiger partial charge in [-0.15, -0.1) is 0 Å². The number of aliphatic hydroxyl groups excluding tert-OH is 3. The van der Waals surface area contributed by atoms with Crippen molar-refractivity contribution in [3.63, 3.8) is 0 Å². The minimum absolute atomic E-state index is 0.340. The van der Waals surface area contributed by atoms with Crippen molar-refractivity contribution < 1.29 is 29.6 Å². The molecule has 1 aromatic rings. The fourth-order valence-electron chi connectivity index (χ4n) is 2.09. The van der Waals surface area contributed by atoms with E-state index in [4.69, 9.17) is 21.3 Å². The second-order valence-electron chi connectivity index (χ2n) is 4.31. The second-order valence-corrected chi connectivity index (χ2v) is 4.31. The summed E-state index contributed by atoms with van der Waals surface area (Å²) in [6.45, 7) is -0.530. The molecule has 10 heteroatoms. The van der Waals surface area contributed by atoms with E-state index in [0.29, 0.717) is 0 Å². The molecule has 7 N–H and O–H groups in total. The highest BCUT2D eigenvalue weighted by molar-refractivity contribution is 6.03. The highest BCUT2D eigenvalue weighted by atomic mass is 16.6. The quantitative estimate of drug-likeness (QED) is 0.385. The standard InChI is InChI=1S/C10H14N4O6/c11-8(18)4-5(9(12)19)14(2-13-4)10-7(17)6(16)3(1-15)20-10/h2-3,6-7,10,15-17H,1H2,(H2,11,18)(H2,12,19)/t3-,6+,7+,10+/m0/s1. The third-order valence-electron chi connectivity index (χ3n) is 3.05. The Bertz CT molecular complexity index is 544. The van der Waals surface area contributed by atoms with Gasteiger partial charge in [-0.25, -0.2) is 4.98 Å². The summed E-state index contributed by atoms with van der Waals surface area (Å²) < 4.78 is 6.22. The highest BCUT2D eigenvalue weighted by Gasteiger charge is 2.44. The molecule has 2 rings (SSSR count). The van der Waals surface area contributed by atoms with E-state index in [1.165, 1.54) is 0 Å². The van der Waals surface area contributed by atoms with E-state index in [1.54, 1.807) is 0 Å². The topological polar surface area (TPSA) is 174 Å². The van der Waals surface area contributed by atoms with Gasteiger partial charge in [-0.1, -0.05) is 0 Å². The molecule has 1 fully saturated rings. The maximum Gasteiger partial charge on any atom is 0.269 e. The molecule has 4 atom stereocenters. The van der Waals surface area contributed by atoms with E-state index in [-0.39, 0.29) is 11.4 Å². The number of hydrogen-bond acceptors (Lipinski definition) is 7. The van der Waals surface area contributed by atoms with E-state index in [0.717, 1.165) is 10.9 Å². The van der Waals surface area contributed by atoms with Crippen LogP contribution in [-0.2, 0) is 4.74 Å². The molecule has 10 nitrogen and oxygen atoms in total. The molecule has 2 amide bonds. The summed E-state index contributed by atoms with van der Waals surface area (Å²) in [6.07, 6.45) is -3.99. The van der Waals surface area contributed by atoms with Crippen molar-refractivity contribution in [2.45, 2.75) is 24.5 Å². The Balaban J connectivity index is 2.44. The Hall–Kier alpha value is -2.01. The Morgan fingerprint density at radius 2 is 1.95 bits per heavy atom. The van der Waals surface area contributed by atoms with Gasteiger partial charge in [0.05, 0.1) is 12.9 Å². The van der Waals surface area contributed by atoms with Crippen LogP contribution in [0.15, 0.2) is 6.33 Å². The third kappa shape index (κ3) is 2.14. The first-order valence-corrected chi connectivity index (χ1v) is 5.67. The normalized spacial score (nSPS) is 29.6. The Morgan fingerprint density at radius 1 is 1.30 bits per heavy atom. The predicted molar refractivity (Wildman–Crippen MR) is 62.3 cm³/mol. The summed E-state index contributed by atoms with van der Waals surface area (Å²) in [4.78, 5) is 26.2. The maximum atomic E-state index is 11.4. The van der Waals surface area contributed by atoms with Crippen LogP contribution in [0.5, 0.6) is 0 Å². The van der Waals surface area contributed by atoms with Gasteiger partial charge in [0, 0.05) is 0 Å². The number of aliphatic hydroxyl groups is 3. The van der Waals surface area contributed by atoms with Crippen LogP contribution in [0.1, 0.15) is 27.2 Å². The number of imidazole rings is 1. The van der Waals surface area contributed by atoms with Crippen LogP contribution >= 0.6 is 0 Å². The molecule has 1 aliphatic rings. The van der Waals surface area contributed by atoms with Crippen molar-refractivity contribution in [1.82, 2.24) is 9.55 Å². The number of hydrogen-bond donors (Lipinski definition) is 5. The zero-order valence-electron chi connectivity index (χ0n) is 10.2. The molecule has 0 aromatic carbocycles. The number of nitrogens with zero attached hydrogens (tertiary/aromatic N) is 2. The van der Waals surface area contributed by atoms with Crippen molar-refractivity contribution in [3.05, 3.63) is 17.7 Å². The summed E-state index contributed by atoms with van der Waals surface area (Å²) in [5.41, 5.74) is 9.51. The number of amides is 2. The van der Waals surface area contributed by atoms with Crippen LogP contribution in [-0.4, -0.2) is 61.6 Å². The molecule has 0 saturated carbocycles. The van der Waals surface area contributed by atoms with Crippen molar-refractivity contribution in [3.8, 4) is 0 Å².